The van der Waals surface area contributed by atoms with E-state index < -0.39 is 5.41 Å². The van der Waals surface area contributed by atoms with Crippen molar-refractivity contribution in [3.63, 3.8) is 0 Å². The van der Waals surface area contributed by atoms with E-state index in [1.807, 2.05) is 26.8 Å². The molecule has 0 amide bonds. The molecule has 1 saturated carbocycles. The summed E-state index contributed by atoms with van der Waals surface area (Å²) < 4.78 is 0. The van der Waals surface area contributed by atoms with Gasteiger partial charge in [-0.25, -0.2) is 4.99 Å². The van der Waals surface area contributed by atoms with Crippen LogP contribution in [0.3, 0.4) is 0 Å². The first kappa shape index (κ1) is 18.7. The summed E-state index contributed by atoms with van der Waals surface area (Å²) in [7, 11) is 0. The van der Waals surface area contributed by atoms with E-state index in [0.717, 1.165) is 25.3 Å². The Balaban J connectivity index is 1.87. The average Bonchev–Trinajstić information content (AvgIpc) is 3.10. The van der Waals surface area contributed by atoms with Crippen molar-refractivity contribution < 1.29 is 4.79 Å². The van der Waals surface area contributed by atoms with Gasteiger partial charge < -0.3 is 10.6 Å². The van der Waals surface area contributed by atoms with Crippen molar-refractivity contribution >= 4 is 11.6 Å². The zero-order valence-corrected chi connectivity index (χ0v) is 16.2. The lowest BCUT2D eigenvalue weighted by molar-refractivity contribution is -0.128. The monoisotopic (exact) mass is 354 g/mol. The van der Waals surface area contributed by atoms with E-state index in [0.29, 0.717) is 17.3 Å². The smallest absolute Gasteiger partial charge is 0.178 e. The van der Waals surface area contributed by atoms with Crippen LogP contribution < -0.4 is 5.73 Å². The summed E-state index contributed by atoms with van der Waals surface area (Å²) in [6, 6.07) is 2.11. The molecular formula is C21H30N4O. The van der Waals surface area contributed by atoms with Crippen molar-refractivity contribution in [2.24, 2.45) is 33.9 Å². The largest absolute Gasteiger partial charge is 0.387 e. The number of nitrogens with two attached hydrogens (primary N) is 1. The van der Waals surface area contributed by atoms with E-state index >= 15 is 0 Å². The number of piperidine rings is 1. The van der Waals surface area contributed by atoms with Gasteiger partial charge in [-0.3, -0.25) is 4.79 Å². The molecule has 2 aliphatic carbocycles. The Morgan fingerprint density at radius 3 is 2.69 bits per heavy atom. The number of ketones is 1. The highest BCUT2D eigenvalue weighted by Crippen LogP contribution is 2.45. The summed E-state index contributed by atoms with van der Waals surface area (Å²) in [6.45, 7) is 7.48. The number of carbonyl (C=O) groups excluding carboxylic acids is 1. The van der Waals surface area contributed by atoms with Crippen molar-refractivity contribution in [1.29, 1.82) is 5.26 Å². The molecule has 0 bridgehead atoms. The van der Waals surface area contributed by atoms with Crippen molar-refractivity contribution in [3.8, 4) is 6.07 Å². The molecule has 1 saturated heterocycles. The number of hydrogen-bond donors (Lipinski definition) is 1. The first-order chi connectivity index (χ1) is 12.3. The molecular weight excluding hydrogens is 324 g/mol. The number of amidine groups is 1. The summed E-state index contributed by atoms with van der Waals surface area (Å²) in [4.78, 5) is 19.5. The van der Waals surface area contributed by atoms with Crippen LogP contribution in [0, 0.1) is 34.5 Å². The number of hydrogen-bond acceptors (Lipinski definition) is 4. The number of aliphatic imine (C=N–C) groups is 1. The molecule has 2 N–H and O–H groups in total. The number of allylic oxidation sites excluding steroid dienone is 2. The van der Waals surface area contributed by atoms with Crippen LogP contribution in [0.5, 0.6) is 0 Å². The Morgan fingerprint density at radius 1 is 1.38 bits per heavy atom. The molecule has 26 heavy (non-hydrogen) atoms. The molecule has 2 atom stereocenters. The molecule has 1 aliphatic heterocycles. The summed E-state index contributed by atoms with van der Waals surface area (Å²) in [5.41, 5.74) is 5.74. The number of likely N-dealkylation sites (tertiary alicyclic amines) is 1. The molecule has 0 spiro atoms. The van der Waals surface area contributed by atoms with Gasteiger partial charge in [0.05, 0.1) is 11.4 Å². The zero-order chi connectivity index (χ0) is 18.9. The van der Waals surface area contributed by atoms with E-state index in [9.17, 15) is 10.1 Å². The highest BCUT2D eigenvalue weighted by Gasteiger charge is 2.47. The standard InChI is InChI=1S/C21H30N4O/c1-14(23)24-19(10-15-6-4-5-7-15)25-9-8-18-17(13-25)11-16(12-22)20(26)21(18,2)3/h10-11,15,17-18H,4-9,13H2,1-3H3,(H2,23,24)/b19-10+/t17?,18-/m0/s1. The molecule has 1 heterocycles. The maximum Gasteiger partial charge on any atom is 0.178 e. The fourth-order valence-corrected chi connectivity index (χ4v) is 4.88. The topological polar surface area (TPSA) is 82.5 Å². The van der Waals surface area contributed by atoms with E-state index in [-0.39, 0.29) is 17.6 Å². The molecule has 5 heteroatoms. The van der Waals surface area contributed by atoms with Gasteiger partial charge in [0.15, 0.2) is 5.78 Å². The molecule has 0 aromatic rings. The SMILES string of the molecule is C/C(N)=N/C(=C\C1CCCC1)N1CC[C@H]2C(C=C(C#N)C(=O)C2(C)C)C1. The Kier molecular flexibility index (Phi) is 5.22. The van der Waals surface area contributed by atoms with Crippen LogP contribution in [0.4, 0.5) is 0 Å². The molecule has 1 unspecified atom stereocenters. The highest BCUT2D eigenvalue weighted by atomic mass is 16.1. The van der Waals surface area contributed by atoms with E-state index in [4.69, 9.17) is 5.73 Å². The van der Waals surface area contributed by atoms with E-state index in [1.165, 1.54) is 25.7 Å². The van der Waals surface area contributed by atoms with Crippen LogP contribution in [0.2, 0.25) is 0 Å². The molecule has 140 valence electrons. The van der Waals surface area contributed by atoms with Gasteiger partial charge in [0.2, 0.25) is 0 Å². The van der Waals surface area contributed by atoms with Crippen molar-refractivity contribution in [1.82, 2.24) is 4.90 Å². The second-order valence-corrected chi connectivity index (χ2v) is 8.57. The second-order valence-electron chi connectivity index (χ2n) is 8.57. The van der Waals surface area contributed by atoms with Crippen molar-refractivity contribution in [3.05, 3.63) is 23.5 Å². The van der Waals surface area contributed by atoms with Crippen molar-refractivity contribution in [2.45, 2.75) is 52.9 Å². The quantitative estimate of drug-likeness (QED) is 0.622. The molecule has 2 fully saturated rings. The highest BCUT2D eigenvalue weighted by molar-refractivity contribution is 6.03. The average molecular weight is 354 g/mol. The number of nitriles is 1. The van der Waals surface area contributed by atoms with Gasteiger partial charge in [-0.05, 0) is 50.0 Å². The van der Waals surface area contributed by atoms with Crippen LogP contribution in [0.25, 0.3) is 0 Å². The molecule has 0 aromatic heterocycles. The Labute approximate surface area is 156 Å². The first-order valence-corrected chi connectivity index (χ1v) is 9.77. The lowest BCUT2D eigenvalue weighted by Gasteiger charge is -2.47. The second kappa shape index (κ2) is 7.26. The number of fused-ring (bicyclic) bond motifs is 1. The zero-order valence-electron chi connectivity index (χ0n) is 16.2. The van der Waals surface area contributed by atoms with Crippen LogP contribution in [0.15, 0.2) is 28.5 Å². The molecule has 5 nitrogen and oxygen atoms in total. The Hall–Kier alpha value is -2.09. The number of rotatable bonds is 3. The first-order valence-electron chi connectivity index (χ1n) is 9.77. The van der Waals surface area contributed by atoms with Gasteiger partial charge >= 0.3 is 0 Å². The predicted octanol–water partition coefficient (Wildman–Crippen LogP) is 3.39. The van der Waals surface area contributed by atoms with Gasteiger partial charge in [0, 0.05) is 18.5 Å². The number of nitrogens with zero attached hydrogens (tertiary/aromatic N) is 3. The summed E-state index contributed by atoms with van der Waals surface area (Å²) >= 11 is 0. The molecule has 3 rings (SSSR count). The lowest BCUT2D eigenvalue weighted by Crippen LogP contribution is -2.49. The predicted molar refractivity (Wildman–Crippen MR) is 103 cm³/mol. The summed E-state index contributed by atoms with van der Waals surface area (Å²) in [5.74, 6) is 2.60. The van der Waals surface area contributed by atoms with Gasteiger partial charge in [0.1, 0.15) is 11.9 Å². The number of Topliss-reactive ketones (excluding diaryl/α,β-unsaturated/α-hetero) is 1. The van der Waals surface area contributed by atoms with E-state index in [2.05, 4.69) is 22.0 Å². The lowest BCUT2D eigenvalue weighted by atomic mass is 9.61. The third kappa shape index (κ3) is 3.56. The summed E-state index contributed by atoms with van der Waals surface area (Å²) in [5, 5.41) is 9.37. The summed E-state index contributed by atoms with van der Waals surface area (Å²) in [6.07, 6.45) is 10.1. The van der Waals surface area contributed by atoms with Crippen LogP contribution in [-0.2, 0) is 4.79 Å². The van der Waals surface area contributed by atoms with E-state index in [1.54, 1.807) is 0 Å². The third-order valence-corrected chi connectivity index (χ3v) is 6.32. The van der Waals surface area contributed by atoms with Crippen LogP contribution in [0.1, 0.15) is 52.9 Å². The maximum atomic E-state index is 12.6. The fourth-order valence-electron chi connectivity index (χ4n) is 4.88. The van der Waals surface area contributed by atoms with Gasteiger partial charge in [0.25, 0.3) is 0 Å². The maximum absolute atomic E-state index is 12.6. The van der Waals surface area contributed by atoms with Crippen LogP contribution >= 0.6 is 0 Å². The fraction of sp³-hybridized carbons (Fsp3) is 0.667. The Bertz CT molecular complexity index is 700. The van der Waals surface area contributed by atoms with Crippen LogP contribution in [-0.4, -0.2) is 29.6 Å². The van der Waals surface area contributed by atoms with Crippen molar-refractivity contribution in [2.75, 3.05) is 13.1 Å². The minimum absolute atomic E-state index is 0.00718. The van der Waals surface area contributed by atoms with Gasteiger partial charge in [-0.1, -0.05) is 32.8 Å². The third-order valence-electron chi connectivity index (χ3n) is 6.32. The van der Waals surface area contributed by atoms with Gasteiger partial charge in [-0.2, -0.15) is 5.26 Å². The molecule has 0 radical (unpaired) electrons. The van der Waals surface area contributed by atoms with Gasteiger partial charge in [-0.15, -0.1) is 0 Å². The number of carbonyl (C=O) groups is 1. The Morgan fingerprint density at radius 2 is 2.08 bits per heavy atom. The molecule has 3 aliphatic rings. The molecule has 0 aromatic carbocycles. The minimum Gasteiger partial charge on any atom is -0.387 e. The minimum atomic E-state index is -0.473. The normalized spacial score (nSPS) is 30.0.